The van der Waals surface area contributed by atoms with Gasteiger partial charge in [-0.2, -0.15) is 11.8 Å². The summed E-state index contributed by atoms with van der Waals surface area (Å²) in [5, 5.41) is 0. The third-order valence-electron chi connectivity index (χ3n) is 2.50. The van der Waals surface area contributed by atoms with Crippen LogP contribution in [0.2, 0.25) is 0 Å². The second-order valence-electron chi connectivity index (χ2n) is 4.12. The Balaban J connectivity index is 2.52. The summed E-state index contributed by atoms with van der Waals surface area (Å²) in [5.41, 5.74) is 0. The fourth-order valence-electron chi connectivity index (χ4n) is 1.80. The van der Waals surface area contributed by atoms with Crippen LogP contribution in [-0.2, 0) is 4.79 Å². The van der Waals surface area contributed by atoms with Gasteiger partial charge in [0.05, 0.1) is 0 Å². The number of ketones is 1. The number of rotatable bonds is 2. The topological polar surface area (TPSA) is 17.1 Å². The zero-order valence-electron chi connectivity index (χ0n) is 8.22. The zero-order chi connectivity index (χ0) is 9.19. The Kier molecular flexibility index (Phi) is 3.22. The highest BCUT2D eigenvalue weighted by atomic mass is 32.2. The molecule has 0 N–H and O–H groups in total. The summed E-state index contributed by atoms with van der Waals surface area (Å²) >= 11 is 2.00. The molecule has 70 valence electrons. The van der Waals surface area contributed by atoms with E-state index in [4.69, 9.17) is 0 Å². The molecule has 0 amide bonds. The SMILES string of the molecule is CCC(=O)C1CCSC(C)(C)C1. The van der Waals surface area contributed by atoms with Crippen molar-refractivity contribution in [2.24, 2.45) is 5.92 Å². The normalized spacial score (nSPS) is 28.4. The van der Waals surface area contributed by atoms with Crippen LogP contribution in [-0.4, -0.2) is 16.3 Å². The molecule has 1 fully saturated rings. The van der Waals surface area contributed by atoms with Crippen LogP contribution in [0.15, 0.2) is 0 Å². The summed E-state index contributed by atoms with van der Waals surface area (Å²) in [5.74, 6) is 1.97. The second-order valence-corrected chi connectivity index (χ2v) is 5.92. The lowest BCUT2D eigenvalue weighted by Gasteiger charge is -2.33. The lowest BCUT2D eigenvalue weighted by atomic mass is 9.89. The first-order valence-corrected chi connectivity index (χ1v) is 5.70. The lowest BCUT2D eigenvalue weighted by molar-refractivity contribution is -0.123. The third-order valence-corrected chi connectivity index (χ3v) is 3.89. The molecule has 1 unspecified atom stereocenters. The highest BCUT2D eigenvalue weighted by Gasteiger charge is 2.31. The van der Waals surface area contributed by atoms with Gasteiger partial charge < -0.3 is 0 Å². The molecule has 0 saturated carbocycles. The Morgan fingerprint density at radius 3 is 2.75 bits per heavy atom. The molecule has 1 rings (SSSR count). The van der Waals surface area contributed by atoms with E-state index in [9.17, 15) is 4.79 Å². The van der Waals surface area contributed by atoms with Gasteiger partial charge in [-0.05, 0) is 18.6 Å². The number of carbonyl (C=O) groups is 1. The molecule has 0 aromatic heterocycles. The second kappa shape index (κ2) is 3.82. The summed E-state index contributed by atoms with van der Waals surface area (Å²) in [7, 11) is 0. The summed E-state index contributed by atoms with van der Waals surface area (Å²) in [6.07, 6.45) is 2.89. The van der Waals surface area contributed by atoms with Gasteiger partial charge in [-0.25, -0.2) is 0 Å². The molecule has 1 heterocycles. The Bertz CT molecular complexity index is 175. The fraction of sp³-hybridized carbons (Fsp3) is 0.900. The van der Waals surface area contributed by atoms with Crippen molar-refractivity contribution in [1.82, 2.24) is 0 Å². The van der Waals surface area contributed by atoms with Gasteiger partial charge in [-0.3, -0.25) is 4.79 Å². The van der Waals surface area contributed by atoms with E-state index in [0.29, 0.717) is 22.9 Å². The van der Waals surface area contributed by atoms with E-state index in [1.807, 2.05) is 18.7 Å². The summed E-state index contributed by atoms with van der Waals surface area (Å²) < 4.78 is 0.327. The van der Waals surface area contributed by atoms with Gasteiger partial charge >= 0.3 is 0 Å². The van der Waals surface area contributed by atoms with E-state index in [0.717, 1.165) is 18.6 Å². The molecule has 1 aliphatic heterocycles. The average Bonchev–Trinajstić information content (AvgIpc) is 2.01. The van der Waals surface area contributed by atoms with Crippen molar-refractivity contribution in [3.63, 3.8) is 0 Å². The molecule has 0 spiro atoms. The molecule has 1 atom stereocenters. The van der Waals surface area contributed by atoms with Crippen molar-refractivity contribution in [1.29, 1.82) is 0 Å². The smallest absolute Gasteiger partial charge is 0.135 e. The van der Waals surface area contributed by atoms with E-state index >= 15 is 0 Å². The van der Waals surface area contributed by atoms with Crippen molar-refractivity contribution < 1.29 is 4.79 Å². The van der Waals surface area contributed by atoms with Crippen LogP contribution in [0.1, 0.15) is 40.0 Å². The molecule has 0 radical (unpaired) electrons. The maximum Gasteiger partial charge on any atom is 0.135 e. The van der Waals surface area contributed by atoms with Crippen molar-refractivity contribution in [3.8, 4) is 0 Å². The fourth-order valence-corrected chi connectivity index (χ4v) is 3.07. The Labute approximate surface area is 79.3 Å². The first-order chi connectivity index (χ1) is 5.55. The standard InChI is InChI=1S/C10H18OS/c1-4-9(11)8-5-6-12-10(2,3)7-8/h8H,4-7H2,1-3H3. The van der Waals surface area contributed by atoms with E-state index in [1.165, 1.54) is 0 Å². The molecule has 1 saturated heterocycles. The number of thioether (sulfide) groups is 1. The largest absolute Gasteiger partial charge is 0.299 e. The Morgan fingerprint density at radius 2 is 2.25 bits per heavy atom. The molecule has 2 heteroatoms. The highest BCUT2D eigenvalue weighted by Crippen LogP contribution is 2.39. The Morgan fingerprint density at radius 1 is 1.58 bits per heavy atom. The van der Waals surface area contributed by atoms with Crippen LogP contribution in [0.3, 0.4) is 0 Å². The van der Waals surface area contributed by atoms with E-state index in [2.05, 4.69) is 13.8 Å². The van der Waals surface area contributed by atoms with Crippen LogP contribution in [0.5, 0.6) is 0 Å². The maximum atomic E-state index is 11.4. The van der Waals surface area contributed by atoms with E-state index < -0.39 is 0 Å². The zero-order valence-corrected chi connectivity index (χ0v) is 9.04. The number of carbonyl (C=O) groups excluding carboxylic acids is 1. The monoisotopic (exact) mass is 186 g/mol. The minimum Gasteiger partial charge on any atom is -0.299 e. The Hall–Kier alpha value is 0.0200. The van der Waals surface area contributed by atoms with Gasteiger partial charge in [0.1, 0.15) is 5.78 Å². The molecule has 1 aliphatic rings. The molecule has 0 aromatic carbocycles. The van der Waals surface area contributed by atoms with E-state index in [-0.39, 0.29) is 0 Å². The van der Waals surface area contributed by atoms with Crippen LogP contribution in [0.4, 0.5) is 0 Å². The average molecular weight is 186 g/mol. The molecule has 1 nitrogen and oxygen atoms in total. The molecule has 0 aromatic rings. The minimum absolute atomic E-state index is 0.327. The lowest BCUT2D eigenvalue weighted by Crippen LogP contribution is -2.30. The first kappa shape index (κ1) is 10.1. The summed E-state index contributed by atoms with van der Waals surface area (Å²) in [4.78, 5) is 11.4. The van der Waals surface area contributed by atoms with E-state index in [1.54, 1.807) is 0 Å². The number of hydrogen-bond acceptors (Lipinski definition) is 2. The van der Waals surface area contributed by atoms with Crippen molar-refractivity contribution in [2.75, 3.05) is 5.75 Å². The predicted molar refractivity (Wildman–Crippen MR) is 54.6 cm³/mol. The molecule has 12 heavy (non-hydrogen) atoms. The highest BCUT2D eigenvalue weighted by molar-refractivity contribution is 8.00. The van der Waals surface area contributed by atoms with Gasteiger partial charge in [0.25, 0.3) is 0 Å². The summed E-state index contributed by atoms with van der Waals surface area (Å²) in [6.45, 7) is 6.45. The number of Topliss-reactive ketones (excluding diaryl/α,β-unsaturated/α-hetero) is 1. The maximum absolute atomic E-state index is 11.4. The molecule has 0 aliphatic carbocycles. The van der Waals surface area contributed by atoms with Gasteiger partial charge in [0.15, 0.2) is 0 Å². The molecular weight excluding hydrogens is 168 g/mol. The van der Waals surface area contributed by atoms with Crippen LogP contribution >= 0.6 is 11.8 Å². The van der Waals surface area contributed by atoms with Gasteiger partial charge in [0.2, 0.25) is 0 Å². The van der Waals surface area contributed by atoms with Crippen molar-refractivity contribution in [2.45, 2.75) is 44.8 Å². The minimum atomic E-state index is 0.327. The van der Waals surface area contributed by atoms with Gasteiger partial charge in [-0.1, -0.05) is 20.8 Å². The third kappa shape index (κ3) is 2.51. The molecular formula is C10H18OS. The van der Waals surface area contributed by atoms with Crippen LogP contribution in [0.25, 0.3) is 0 Å². The molecule has 0 bridgehead atoms. The van der Waals surface area contributed by atoms with Gasteiger partial charge in [-0.15, -0.1) is 0 Å². The van der Waals surface area contributed by atoms with Crippen LogP contribution < -0.4 is 0 Å². The quantitative estimate of drug-likeness (QED) is 0.659. The van der Waals surface area contributed by atoms with Crippen molar-refractivity contribution >= 4 is 17.5 Å². The summed E-state index contributed by atoms with van der Waals surface area (Å²) in [6, 6.07) is 0. The predicted octanol–water partition coefficient (Wildman–Crippen LogP) is 2.89. The van der Waals surface area contributed by atoms with Crippen molar-refractivity contribution in [3.05, 3.63) is 0 Å². The first-order valence-electron chi connectivity index (χ1n) is 4.72. The van der Waals surface area contributed by atoms with Gasteiger partial charge in [0, 0.05) is 17.1 Å². The number of hydrogen-bond donors (Lipinski definition) is 0. The van der Waals surface area contributed by atoms with Crippen LogP contribution in [0, 0.1) is 5.92 Å².